The molecule has 0 saturated heterocycles. The van der Waals surface area contributed by atoms with E-state index < -0.39 is 5.97 Å². The number of pyridine rings is 1. The third-order valence-electron chi connectivity index (χ3n) is 5.56. The molecule has 31 heavy (non-hydrogen) atoms. The fourth-order valence-electron chi connectivity index (χ4n) is 3.91. The van der Waals surface area contributed by atoms with Gasteiger partial charge < -0.3 is 15.4 Å². The van der Waals surface area contributed by atoms with Crippen LogP contribution in [-0.4, -0.2) is 36.1 Å². The number of esters is 1. The molecule has 0 radical (unpaired) electrons. The highest BCUT2D eigenvalue weighted by molar-refractivity contribution is 5.98. The highest BCUT2D eigenvalue weighted by Crippen LogP contribution is 2.23. The maximum absolute atomic E-state index is 12.6. The summed E-state index contributed by atoms with van der Waals surface area (Å²) in [4.78, 5) is 28.9. The van der Waals surface area contributed by atoms with Crippen LogP contribution in [0.15, 0.2) is 60.7 Å². The van der Waals surface area contributed by atoms with Crippen molar-refractivity contribution in [1.82, 2.24) is 10.3 Å². The van der Waals surface area contributed by atoms with Crippen LogP contribution < -0.4 is 10.6 Å². The second kappa shape index (κ2) is 10.3. The number of methoxy groups -OCH3 is 1. The van der Waals surface area contributed by atoms with E-state index in [1.165, 1.54) is 7.11 Å². The summed E-state index contributed by atoms with van der Waals surface area (Å²) in [7, 11) is 1.33. The Morgan fingerprint density at radius 3 is 2.39 bits per heavy atom. The van der Waals surface area contributed by atoms with E-state index in [-0.39, 0.29) is 24.4 Å². The lowest BCUT2D eigenvalue weighted by molar-refractivity contribution is 0.0600. The second-order valence-corrected chi connectivity index (χ2v) is 7.63. The van der Waals surface area contributed by atoms with Crippen molar-refractivity contribution in [3.05, 3.63) is 71.8 Å². The largest absolute Gasteiger partial charge is 0.465 e. The summed E-state index contributed by atoms with van der Waals surface area (Å²) in [6, 6.07) is 19.3. The Balaban J connectivity index is 0.00000272. The summed E-state index contributed by atoms with van der Waals surface area (Å²) >= 11 is 0. The summed E-state index contributed by atoms with van der Waals surface area (Å²) in [6.07, 6.45) is 3.71. The summed E-state index contributed by atoms with van der Waals surface area (Å²) in [5, 5.41) is 7.75. The number of carbonyl (C=O) groups excluding carboxylic acids is 2. The number of hydrogen-bond donors (Lipinski definition) is 2. The number of nitrogens with zero attached hydrogens (tertiary/aromatic N) is 1. The number of hydrogen-bond acceptors (Lipinski definition) is 5. The molecule has 0 unspecified atom stereocenters. The minimum Gasteiger partial charge on any atom is -0.465 e. The van der Waals surface area contributed by atoms with Gasteiger partial charge in [0.25, 0.3) is 5.91 Å². The first-order valence-electron chi connectivity index (χ1n) is 10.2. The number of halogens is 1. The van der Waals surface area contributed by atoms with Gasteiger partial charge in [0.05, 0.1) is 18.2 Å². The SMILES string of the molecule is COC(=O)c1cccc(C(=O)NC2CCC(Nc3ccc4ccccc4n3)CC2)c1.Cl. The van der Waals surface area contributed by atoms with Gasteiger partial charge in [0.2, 0.25) is 0 Å². The van der Waals surface area contributed by atoms with E-state index in [1.54, 1.807) is 24.3 Å². The van der Waals surface area contributed by atoms with Crippen molar-refractivity contribution in [1.29, 1.82) is 0 Å². The molecule has 0 aliphatic heterocycles. The first kappa shape index (κ1) is 22.6. The van der Waals surface area contributed by atoms with Gasteiger partial charge in [-0.15, -0.1) is 12.4 Å². The maximum atomic E-state index is 12.6. The van der Waals surface area contributed by atoms with Gasteiger partial charge in [-0.25, -0.2) is 9.78 Å². The Hall–Kier alpha value is -3.12. The minimum absolute atomic E-state index is 0. The molecule has 4 rings (SSSR count). The molecular weight excluding hydrogens is 414 g/mol. The number of anilines is 1. The summed E-state index contributed by atoms with van der Waals surface area (Å²) in [5.41, 5.74) is 1.83. The van der Waals surface area contributed by atoms with Gasteiger partial charge >= 0.3 is 5.97 Å². The molecule has 0 atom stereocenters. The van der Waals surface area contributed by atoms with Gasteiger partial charge in [-0.3, -0.25) is 4.79 Å². The molecule has 0 bridgehead atoms. The number of carbonyl (C=O) groups is 2. The fourth-order valence-corrected chi connectivity index (χ4v) is 3.91. The predicted octanol–water partition coefficient (Wildman–Crippen LogP) is 4.60. The molecule has 1 aromatic heterocycles. The zero-order valence-electron chi connectivity index (χ0n) is 17.3. The Labute approximate surface area is 187 Å². The lowest BCUT2D eigenvalue weighted by atomic mass is 9.91. The van der Waals surface area contributed by atoms with Gasteiger partial charge in [0, 0.05) is 23.0 Å². The quantitative estimate of drug-likeness (QED) is 0.568. The molecule has 7 heteroatoms. The maximum Gasteiger partial charge on any atom is 0.337 e. The minimum atomic E-state index is -0.446. The van der Waals surface area contributed by atoms with Crippen molar-refractivity contribution in [2.75, 3.05) is 12.4 Å². The van der Waals surface area contributed by atoms with E-state index in [4.69, 9.17) is 4.74 Å². The van der Waals surface area contributed by atoms with Crippen LogP contribution in [0, 0.1) is 0 Å². The molecule has 1 amide bonds. The van der Waals surface area contributed by atoms with Crippen molar-refractivity contribution in [2.24, 2.45) is 0 Å². The molecule has 1 saturated carbocycles. The van der Waals surface area contributed by atoms with Crippen molar-refractivity contribution in [2.45, 2.75) is 37.8 Å². The monoisotopic (exact) mass is 439 g/mol. The van der Waals surface area contributed by atoms with Crippen LogP contribution in [-0.2, 0) is 4.74 Å². The van der Waals surface area contributed by atoms with Gasteiger partial charge in [-0.05, 0) is 62.1 Å². The van der Waals surface area contributed by atoms with Crippen LogP contribution in [0.4, 0.5) is 5.82 Å². The van der Waals surface area contributed by atoms with E-state index in [1.807, 2.05) is 24.3 Å². The third kappa shape index (κ3) is 5.52. The average Bonchev–Trinajstić information content (AvgIpc) is 2.80. The number of rotatable bonds is 5. The average molecular weight is 440 g/mol. The van der Waals surface area contributed by atoms with E-state index >= 15 is 0 Å². The van der Waals surface area contributed by atoms with Crippen LogP contribution in [0.1, 0.15) is 46.4 Å². The van der Waals surface area contributed by atoms with Gasteiger partial charge in [-0.1, -0.05) is 24.3 Å². The molecule has 1 aliphatic carbocycles. The Morgan fingerprint density at radius 1 is 0.903 bits per heavy atom. The summed E-state index contributed by atoms with van der Waals surface area (Å²) in [6.45, 7) is 0. The second-order valence-electron chi connectivity index (χ2n) is 7.63. The molecule has 1 aliphatic rings. The smallest absolute Gasteiger partial charge is 0.337 e. The van der Waals surface area contributed by atoms with Gasteiger partial charge in [0.1, 0.15) is 5.82 Å². The number of para-hydroxylation sites is 1. The van der Waals surface area contributed by atoms with Crippen molar-refractivity contribution in [3.8, 4) is 0 Å². The molecule has 1 fully saturated rings. The topological polar surface area (TPSA) is 80.3 Å². The van der Waals surface area contributed by atoms with Gasteiger partial charge in [0.15, 0.2) is 0 Å². The van der Waals surface area contributed by atoms with Crippen LogP contribution in [0.2, 0.25) is 0 Å². The zero-order chi connectivity index (χ0) is 20.9. The number of amides is 1. The third-order valence-corrected chi connectivity index (χ3v) is 5.56. The molecule has 3 aromatic rings. The predicted molar refractivity (Wildman–Crippen MR) is 124 cm³/mol. The molecule has 2 N–H and O–H groups in total. The molecular formula is C24H26ClN3O3. The highest BCUT2D eigenvalue weighted by atomic mass is 35.5. The van der Waals surface area contributed by atoms with E-state index in [0.717, 1.165) is 42.4 Å². The standard InChI is InChI=1S/C24H25N3O3.ClH/c1-30-24(29)18-7-4-6-17(15-18)23(28)26-20-12-10-19(11-13-20)25-22-14-9-16-5-2-3-8-21(16)27-22;/h2-9,14-15,19-20H,10-13H2,1H3,(H,25,27)(H,26,28);1H. The molecule has 0 spiro atoms. The highest BCUT2D eigenvalue weighted by Gasteiger charge is 2.23. The van der Waals surface area contributed by atoms with Crippen molar-refractivity contribution in [3.63, 3.8) is 0 Å². The van der Waals surface area contributed by atoms with Gasteiger partial charge in [-0.2, -0.15) is 0 Å². The molecule has 162 valence electrons. The number of ether oxygens (including phenoxy) is 1. The van der Waals surface area contributed by atoms with Crippen LogP contribution in [0.25, 0.3) is 10.9 Å². The lowest BCUT2D eigenvalue weighted by Crippen LogP contribution is -2.40. The van der Waals surface area contributed by atoms with Crippen molar-refractivity contribution < 1.29 is 14.3 Å². The normalized spacial score (nSPS) is 18.0. The fraction of sp³-hybridized carbons (Fsp3) is 0.292. The first-order valence-corrected chi connectivity index (χ1v) is 10.2. The van der Waals surface area contributed by atoms with Crippen LogP contribution in [0.3, 0.4) is 0 Å². The van der Waals surface area contributed by atoms with E-state index in [0.29, 0.717) is 17.2 Å². The van der Waals surface area contributed by atoms with E-state index in [9.17, 15) is 9.59 Å². The summed E-state index contributed by atoms with van der Waals surface area (Å²) < 4.78 is 4.72. The Morgan fingerprint density at radius 2 is 1.61 bits per heavy atom. The number of benzene rings is 2. The first-order chi connectivity index (χ1) is 14.6. The molecule has 6 nitrogen and oxygen atoms in total. The van der Waals surface area contributed by atoms with E-state index in [2.05, 4.69) is 27.8 Å². The van der Waals surface area contributed by atoms with Crippen LogP contribution in [0.5, 0.6) is 0 Å². The number of nitrogens with one attached hydrogen (secondary N) is 2. The number of aromatic nitrogens is 1. The molecule has 1 heterocycles. The summed E-state index contributed by atoms with van der Waals surface area (Å²) in [5.74, 6) is 0.285. The molecule has 2 aromatic carbocycles. The van der Waals surface area contributed by atoms with Crippen molar-refractivity contribution >= 4 is 41.0 Å². The lowest BCUT2D eigenvalue weighted by Gasteiger charge is -2.30. The Kier molecular flexibility index (Phi) is 7.47. The zero-order valence-corrected chi connectivity index (χ0v) is 18.2. The number of fused-ring (bicyclic) bond motifs is 1. The Bertz CT molecular complexity index is 1060. The van der Waals surface area contributed by atoms with Crippen LogP contribution >= 0.6 is 12.4 Å².